The van der Waals surface area contributed by atoms with Gasteiger partial charge in [-0.15, -0.1) is 0 Å². The minimum Gasteiger partial charge on any atom is -0.334 e. The monoisotopic (exact) mass is 363 g/mol. The molecule has 4 aliphatic heterocycles. The van der Waals surface area contributed by atoms with E-state index in [4.69, 9.17) is 4.74 Å². The summed E-state index contributed by atoms with van der Waals surface area (Å²) in [6.45, 7) is 8.84. The Bertz CT molecular complexity index is 648. The maximum absolute atomic E-state index is 13.5. The zero-order chi connectivity index (χ0) is 17.1. The van der Waals surface area contributed by atoms with Crippen LogP contribution in [-0.4, -0.2) is 31.8 Å². The predicted octanol–water partition coefficient (Wildman–Crippen LogP) is 4.50. The Balaban J connectivity index is 1.72. The second-order valence-electron chi connectivity index (χ2n) is 7.94. The third-order valence-electron chi connectivity index (χ3n) is 5.23. The molecule has 1 spiro atoms. The van der Waals surface area contributed by atoms with E-state index in [9.17, 15) is 4.79 Å². The molecule has 4 aliphatic rings. The summed E-state index contributed by atoms with van der Waals surface area (Å²) in [5.74, 6) is 1.66. The third-order valence-corrected chi connectivity index (χ3v) is 8.31. The van der Waals surface area contributed by atoms with Crippen LogP contribution in [0.5, 0.6) is 0 Å². The van der Waals surface area contributed by atoms with Crippen LogP contribution in [-0.2, 0) is 9.53 Å². The standard InChI is InChI=1S/C19H25NO2S2/c1-12(2)10-15-16-17(21)20-14(13-8-6-5-7-9-13)11-23-19(20,22-15)24-18(16,3)4/h5-9,12,14-16H,10-11H2,1-4H3. The Morgan fingerprint density at radius 1 is 1.29 bits per heavy atom. The van der Waals surface area contributed by atoms with E-state index < -0.39 is 4.39 Å². The number of carbonyl (C=O) groups is 1. The van der Waals surface area contributed by atoms with E-state index in [-0.39, 0.29) is 28.7 Å². The lowest BCUT2D eigenvalue weighted by Crippen LogP contribution is -2.68. The third kappa shape index (κ3) is 2.43. The maximum atomic E-state index is 13.5. The van der Waals surface area contributed by atoms with Crippen LogP contribution in [0.2, 0.25) is 0 Å². The van der Waals surface area contributed by atoms with Crippen LogP contribution in [0.4, 0.5) is 0 Å². The summed E-state index contributed by atoms with van der Waals surface area (Å²) in [5, 5.41) is 0. The minimum atomic E-state index is -0.546. The van der Waals surface area contributed by atoms with E-state index in [0.717, 1.165) is 12.2 Å². The van der Waals surface area contributed by atoms with Crippen molar-refractivity contribution < 1.29 is 9.53 Å². The molecule has 0 N–H and O–H groups in total. The Morgan fingerprint density at radius 2 is 2.00 bits per heavy atom. The Kier molecular flexibility index (Phi) is 3.98. The summed E-state index contributed by atoms with van der Waals surface area (Å²) >= 11 is 3.63. The number of benzene rings is 1. The summed E-state index contributed by atoms with van der Waals surface area (Å²) < 4.78 is 5.97. The van der Waals surface area contributed by atoms with Gasteiger partial charge in [0.05, 0.1) is 18.1 Å². The van der Waals surface area contributed by atoms with Gasteiger partial charge in [0, 0.05) is 10.5 Å². The number of hydrogen-bond donors (Lipinski definition) is 0. The van der Waals surface area contributed by atoms with E-state index >= 15 is 0 Å². The quantitative estimate of drug-likeness (QED) is 0.791. The van der Waals surface area contributed by atoms with Gasteiger partial charge < -0.3 is 4.74 Å². The van der Waals surface area contributed by atoms with E-state index in [1.54, 1.807) is 11.8 Å². The summed E-state index contributed by atoms with van der Waals surface area (Å²) in [5.41, 5.74) is 1.21. The molecule has 3 nitrogen and oxygen atoms in total. The van der Waals surface area contributed by atoms with Crippen molar-refractivity contribution >= 4 is 29.4 Å². The molecule has 4 unspecified atom stereocenters. The second kappa shape index (κ2) is 5.68. The van der Waals surface area contributed by atoms with Crippen molar-refractivity contribution in [2.24, 2.45) is 11.8 Å². The molecule has 5 rings (SSSR count). The van der Waals surface area contributed by atoms with Crippen LogP contribution >= 0.6 is 23.5 Å². The van der Waals surface area contributed by atoms with Gasteiger partial charge in [0.15, 0.2) is 0 Å². The second-order valence-corrected chi connectivity index (χ2v) is 11.2. The van der Waals surface area contributed by atoms with E-state index in [2.05, 4.69) is 52.0 Å². The van der Waals surface area contributed by atoms with Crippen molar-refractivity contribution in [3.05, 3.63) is 35.9 Å². The summed E-state index contributed by atoms with van der Waals surface area (Å²) in [6.07, 6.45) is 0.985. The summed E-state index contributed by atoms with van der Waals surface area (Å²) in [4.78, 5) is 15.5. The SMILES string of the molecule is CC(C)CC1OC23SCC(c4ccccc4)N2C(=O)C1C(C)(C)S3. The molecule has 1 amide bonds. The summed E-state index contributed by atoms with van der Waals surface area (Å²) in [7, 11) is 0. The van der Waals surface area contributed by atoms with E-state index in [1.807, 2.05) is 22.7 Å². The van der Waals surface area contributed by atoms with Crippen LogP contribution in [0.1, 0.15) is 45.7 Å². The molecule has 4 fully saturated rings. The molecule has 0 radical (unpaired) electrons. The molecular formula is C19H25NO2S2. The Labute approximate surface area is 152 Å². The molecule has 5 heteroatoms. The fourth-order valence-electron chi connectivity index (χ4n) is 4.28. The Hall–Kier alpha value is -0.650. The molecule has 4 saturated heterocycles. The van der Waals surface area contributed by atoms with Crippen molar-refractivity contribution in [1.82, 2.24) is 4.90 Å². The highest BCUT2D eigenvalue weighted by atomic mass is 32.2. The van der Waals surface area contributed by atoms with Crippen LogP contribution in [0.3, 0.4) is 0 Å². The highest BCUT2D eigenvalue weighted by Crippen LogP contribution is 2.66. The number of rotatable bonds is 3. The molecule has 4 atom stereocenters. The lowest BCUT2D eigenvalue weighted by Gasteiger charge is -2.59. The van der Waals surface area contributed by atoms with Crippen LogP contribution in [0, 0.1) is 11.8 Å². The highest BCUT2D eigenvalue weighted by Gasteiger charge is 2.68. The first-order valence-corrected chi connectivity index (χ1v) is 10.5. The van der Waals surface area contributed by atoms with Crippen molar-refractivity contribution in [2.45, 2.75) is 55.4 Å². The normalized spacial score (nSPS) is 37.1. The average molecular weight is 364 g/mol. The first-order chi connectivity index (χ1) is 11.3. The average Bonchev–Trinajstić information content (AvgIpc) is 2.85. The minimum absolute atomic E-state index is 0.0343. The molecule has 130 valence electrons. The summed E-state index contributed by atoms with van der Waals surface area (Å²) in [6, 6.07) is 10.5. The largest absolute Gasteiger partial charge is 0.334 e. The van der Waals surface area contributed by atoms with Gasteiger partial charge in [-0.05, 0) is 31.7 Å². The van der Waals surface area contributed by atoms with Gasteiger partial charge in [-0.2, -0.15) is 0 Å². The van der Waals surface area contributed by atoms with Crippen LogP contribution in [0.15, 0.2) is 30.3 Å². The van der Waals surface area contributed by atoms with E-state index in [1.165, 1.54) is 5.56 Å². The predicted molar refractivity (Wildman–Crippen MR) is 101 cm³/mol. The number of amides is 1. The zero-order valence-electron chi connectivity index (χ0n) is 14.7. The molecule has 24 heavy (non-hydrogen) atoms. The molecule has 0 saturated carbocycles. The van der Waals surface area contributed by atoms with Crippen LogP contribution < -0.4 is 0 Å². The molecule has 0 aromatic heterocycles. The number of fused-ring (bicyclic) bond motifs is 2. The highest BCUT2D eigenvalue weighted by molar-refractivity contribution is 8.18. The first-order valence-electron chi connectivity index (χ1n) is 8.74. The number of carbonyl (C=O) groups excluding carboxylic acids is 1. The number of ether oxygens (including phenoxy) is 1. The molecular weight excluding hydrogens is 338 g/mol. The van der Waals surface area contributed by atoms with Crippen molar-refractivity contribution in [1.29, 1.82) is 0 Å². The molecule has 2 bridgehead atoms. The first kappa shape index (κ1) is 16.8. The lowest BCUT2D eigenvalue weighted by atomic mass is 9.82. The van der Waals surface area contributed by atoms with E-state index in [0.29, 0.717) is 5.92 Å². The number of nitrogens with zero attached hydrogens (tertiary/aromatic N) is 1. The van der Waals surface area contributed by atoms with Gasteiger partial charge in [-0.1, -0.05) is 67.7 Å². The van der Waals surface area contributed by atoms with Crippen molar-refractivity contribution in [3.63, 3.8) is 0 Å². The molecule has 4 heterocycles. The zero-order valence-corrected chi connectivity index (χ0v) is 16.3. The van der Waals surface area contributed by atoms with Crippen LogP contribution in [0.25, 0.3) is 0 Å². The van der Waals surface area contributed by atoms with Crippen molar-refractivity contribution in [2.75, 3.05) is 5.75 Å². The van der Waals surface area contributed by atoms with Gasteiger partial charge in [0.25, 0.3) is 0 Å². The lowest BCUT2D eigenvalue weighted by molar-refractivity contribution is -0.192. The smallest absolute Gasteiger partial charge is 0.243 e. The van der Waals surface area contributed by atoms with Gasteiger partial charge in [0.2, 0.25) is 10.3 Å². The topological polar surface area (TPSA) is 29.5 Å². The number of hydrogen-bond acceptors (Lipinski definition) is 4. The molecule has 1 aromatic carbocycles. The maximum Gasteiger partial charge on any atom is 0.243 e. The fraction of sp³-hybridized carbons (Fsp3) is 0.632. The molecule has 1 aromatic rings. The fourth-order valence-corrected chi connectivity index (χ4v) is 8.15. The van der Waals surface area contributed by atoms with Gasteiger partial charge in [-0.3, -0.25) is 9.69 Å². The molecule has 0 aliphatic carbocycles. The van der Waals surface area contributed by atoms with Gasteiger partial charge in [0.1, 0.15) is 0 Å². The van der Waals surface area contributed by atoms with Gasteiger partial charge in [-0.25, -0.2) is 0 Å². The number of thioether (sulfide) groups is 2. The Morgan fingerprint density at radius 3 is 2.67 bits per heavy atom. The van der Waals surface area contributed by atoms with Gasteiger partial charge >= 0.3 is 0 Å². The van der Waals surface area contributed by atoms with Crippen molar-refractivity contribution in [3.8, 4) is 0 Å².